The van der Waals surface area contributed by atoms with Gasteiger partial charge in [0.05, 0.1) is 6.20 Å². The molecule has 0 unspecified atom stereocenters. The van der Waals surface area contributed by atoms with Gasteiger partial charge in [0.2, 0.25) is 15.9 Å². The van der Waals surface area contributed by atoms with E-state index in [-0.39, 0.29) is 0 Å². The highest BCUT2D eigenvalue weighted by molar-refractivity contribution is 7.89. The van der Waals surface area contributed by atoms with Crippen LogP contribution in [0.1, 0.15) is 25.3 Å². The molecule has 2 heterocycles. The Hall–Kier alpha value is -2.77. The molecule has 1 aliphatic rings. The van der Waals surface area contributed by atoms with E-state index in [0.29, 0.717) is 31.7 Å². The highest BCUT2D eigenvalue weighted by Crippen LogP contribution is 2.23. The molecule has 1 amide bonds. The number of hydrogen-bond acceptors (Lipinski definition) is 5. The highest BCUT2D eigenvalue weighted by Gasteiger charge is 2.35. The summed E-state index contributed by atoms with van der Waals surface area (Å²) in [6.45, 7) is 2.90. The summed E-state index contributed by atoms with van der Waals surface area (Å²) in [5.41, 5.74) is -0.575. The van der Waals surface area contributed by atoms with Crippen molar-refractivity contribution in [1.82, 2.24) is 14.5 Å². The van der Waals surface area contributed by atoms with Crippen molar-refractivity contribution in [2.24, 2.45) is 0 Å². The molecule has 3 rings (SSSR count). The summed E-state index contributed by atoms with van der Waals surface area (Å²) in [5.74, 6) is -0.742. The van der Waals surface area contributed by atoms with E-state index >= 15 is 0 Å². The zero-order chi connectivity index (χ0) is 19.6. The number of carbonyl (C=O) groups is 1. The number of hydrogen-bond donors (Lipinski definition) is 1. The monoisotopic (exact) mass is 391 g/mol. The van der Waals surface area contributed by atoms with Crippen molar-refractivity contribution in [3.63, 3.8) is 0 Å². The first kappa shape index (κ1) is 19.0. The van der Waals surface area contributed by atoms with Gasteiger partial charge >= 0.3 is 0 Å². The molecule has 1 saturated heterocycles. The number of rotatable bonds is 5. The molecule has 1 atom stereocenters. The molecule has 1 aromatic heterocycles. The number of carbonyl (C=O) groups excluding carboxylic acids is 1. The number of amides is 1. The zero-order valence-electron chi connectivity index (χ0n) is 14.6. The number of benzene rings is 1. The first-order valence-corrected chi connectivity index (χ1v) is 9.91. The average Bonchev–Trinajstić information content (AvgIpc) is 3.11. The molecular weight excluding hydrogens is 373 g/mol. The predicted octanol–water partition coefficient (Wildman–Crippen LogP) is 1.39. The van der Waals surface area contributed by atoms with Gasteiger partial charge in [0.25, 0.3) is 0 Å². The van der Waals surface area contributed by atoms with Crippen LogP contribution in [-0.4, -0.2) is 36.7 Å². The molecule has 27 heavy (non-hydrogen) atoms. The van der Waals surface area contributed by atoms with Crippen molar-refractivity contribution in [3.05, 3.63) is 41.8 Å². The topological polar surface area (TPSA) is 108 Å². The molecule has 8 nitrogen and oxygen atoms in total. The molecule has 0 saturated carbocycles. The van der Waals surface area contributed by atoms with Crippen LogP contribution in [0.2, 0.25) is 0 Å². The molecule has 2 aromatic rings. The lowest BCUT2D eigenvalue weighted by atomic mass is 10.1. The fraction of sp³-hybridized carbons (Fsp3) is 0.353. The van der Waals surface area contributed by atoms with E-state index in [9.17, 15) is 17.6 Å². The van der Waals surface area contributed by atoms with E-state index in [0.717, 1.165) is 12.1 Å². The van der Waals surface area contributed by atoms with Crippen LogP contribution in [0.5, 0.6) is 0 Å². The van der Waals surface area contributed by atoms with Crippen LogP contribution in [0.4, 0.5) is 10.2 Å². The fourth-order valence-corrected chi connectivity index (χ4v) is 4.49. The van der Waals surface area contributed by atoms with E-state index in [1.807, 2.05) is 6.92 Å². The summed E-state index contributed by atoms with van der Waals surface area (Å²) in [5, 5.41) is 13.2. The van der Waals surface area contributed by atoms with Crippen LogP contribution < -0.4 is 9.62 Å². The molecule has 0 spiro atoms. The normalized spacial score (nSPS) is 17.7. The summed E-state index contributed by atoms with van der Waals surface area (Å²) < 4.78 is 43.1. The van der Waals surface area contributed by atoms with Gasteiger partial charge in [-0.3, -0.25) is 9.69 Å². The Labute approximate surface area is 156 Å². The Morgan fingerprint density at radius 1 is 1.41 bits per heavy atom. The van der Waals surface area contributed by atoms with E-state index in [4.69, 9.17) is 5.26 Å². The number of anilines is 1. The van der Waals surface area contributed by atoms with Gasteiger partial charge in [-0.2, -0.15) is 15.1 Å². The first-order chi connectivity index (χ1) is 12.9. The van der Waals surface area contributed by atoms with Gasteiger partial charge in [-0.25, -0.2) is 17.5 Å². The number of halogens is 1. The van der Waals surface area contributed by atoms with E-state index < -0.39 is 38.2 Å². The summed E-state index contributed by atoms with van der Waals surface area (Å²) in [7, 11) is -4.25. The third kappa shape index (κ3) is 3.56. The quantitative estimate of drug-likeness (QED) is 0.829. The maximum absolute atomic E-state index is 13.8. The van der Waals surface area contributed by atoms with Crippen LogP contribution >= 0.6 is 0 Å². The second-order valence-electron chi connectivity index (χ2n) is 6.04. The van der Waals surface area contributed by atoms with Crippen LogP contribution in [0.25, 0.3) is 0 Å². The Morgan fingerprint density at radius 2 is 2.19 bits per heavy atom. The second-order valence-corrected chi connectivity index (χ2v) is 7.72. The Balaban J connectivity index is 1.88. The molecule has 1 aliphatic heterocycles. The molecule has 0 radical (unpaired) electrons. The Kier molecular flexibility index (Phi) is 5.25. The van der Waals surface area contributed by atoms with E-state index in [1.165, 1.54) is 11.0 Å². The number of nitriles is 1. The minimum Gasteiger partial charge on any atom is -0.296 e. The number of nitrogens with one attached hydrogen (secondary N) is 1. The Bertz CT molecular complexity index is 1010. The third-order valence-electron chi connectivity index (χ3n) is 4.38. The molecular formula is C17H18FN5O3S. The molecule has 1 aromatic carbocycles. The highest BCUT2D eigenvalue weighted by atomic mass is 32.2. The minimum atomic E-state index is -4.25. The lowest BCUT2D eigenvalue weighted by molar-refractivity contribution is -0.121. The lowest BCUT2D eigenvalue weighted by Gasteiger charge is -2.32. The van der Waals surface area contributed by atoms with Crippen LogP contribution in [-0.2, 0) is 21.4 Å². The van der Waals surface area contributed by atoms with Gasteiger partial charge in [0.1, 0.15) is 34.2 Å². The SMILES string of the molecule is CCn1nccc1N1CCC[C@@H](NS(=O)(=O)c2cccc(F)c2C#N)C1=O. The fourth-order valence-electron chi connectivity index (χ4n) is 3.10. The zero-order valence-corrected chi connectivity index (χ0v) is 15.4. The molecule has 0 aliphatic carbocycles. The van der Waals surface area contributed by atoms with Crippen LogP contribution in [0, 0.1) is 17.1 Å². The van der Waals surface area contributed by atoms with Crippen molar-refractivity contribution in [1.29, 1.82) is 5.26 Å². The third-order valence-corrected chi connectivity index (χ3v) is 5.90. The molecule has 1 fully saturated rings. The Morgan fingerprint density at radius 3 is 2.89 bits per heavy atom. The summed E-state index contributed by atoms with van der Waals surface area (Å²) in [6.07, 6.45) is 2.47. The van der Waals surface area contributed by atoms with Gasteiger partial charge in [-0.15, -0.1) is 0 Å². The number of aryl methyl sites for hydroxylation is 1. The van der Waals surface area contributed by atoms with Crippen molar-refractivity contribution in [2.75, 3.05) is 11.4 Å². The maximum Gasteiger partial charge on any atom is 0.246 e. The molecule has 1 N–H and O–H groups in total. The summed E-state index contributed by atoms with van der Waals surface area (Å²) in [4.78, 5) is 13.9. The second kappa shape index (κ2) is 7.46. The number of piperidine rings is 1. The van der Waals surface area contributed by atoms with Gasteiger partial charge in [-0.05, 0) is 31.9 Å². The van der Waals surface area contributed by atoms with Gasteiger partial charge in [0.15, 0.2) is 0 Å². The van der Waals surface area contributed by atoms with Crippen molar-refractivity contribution in [2.45, 2.75) is 37.2 Å². The summed E-state index contributed by atoms with van der Waals surface area (Å²) >= 11 is 0. The smallest absolute Gasteiger partial charge is 0.246 e. The standard InChI is InChI=1S/C17H18FN5O3S/c1-2-23-16(8-9-20-23)22-10-4-6-14(17(22)24)21-27(25,26)15-7-3-5-13(18)12(15)11-19/h3,5,7-9,14,21H,2,4,6,10H2,1H3/t14-/m1/s1. The average molecular weight is 391 g/mol. The van der Waals surface area contributed by atoms with Gasteiger partial charge in [0, 0.05) is 19.2 Å². The van der Waals surface area contributed by atoms with E-state index in [2.05, 4.69) is 9.82 Å². The number of nitrogens with zero attached hydrogens (tertiary/aromatic N) is 4. The van der Waals surface area contributed by atoms with Gasteiger partial charge < -0.3 is 0 Å². The summed E-state index contributed by atoms with van der Waals surface area (Å²) in [6, 6.07) is 5.61. The lowest BCUT2D eigenvalue weighted by Crippen LogP contribution is -2.53. The van der Waals surface area contributed by atoms with Gasteiger partial charge in [-0.1, -0.05) is 6.07 Å². The van der Waals surface area contributed by atoms with Crippen molar-refractivity contribution >= 4 is 21.7 Å². The number of sulfonamides is 1. The first-order valence-electron chi connectivity index (χ1n) is 8.43. The molecule has 0 bridgehead atoms. The minimum absolute atomic E-state index is 0.312. The largest absolute Gasteiger partial charge is 0.296 e. The predicted molar refractivity (Wildman–Crippen MR) is 94.7 cm³/mol. The van der Waals surface area contributed by atoms with Crippen molar-refractivity contribution in [3.8, 4) is 6.07 Å². The molecule has 10 heteroatoms. The van der Waals surface area contributed by atoms with Crippen molar-refractivity contribution < 1.29 is 17.6 Å². The maximum atomic E-state index is 13.8. The molecule has 142 valence electrons. The van der Waals surface area contributed by atoms with Crippen LogP contribution in [0.3, 0.4) is 0 Å². The van der Waals surface area contributed by atoms with E-state index in [1.54, 1.807) is 23.0 Å². The van der Waals surface area contributed by atoms with Crippen LogP contribution in [0.15, 0.2) is 35.4 Å². The number of aromatic nitrogens is 2.